The molecule has 0 bridgehead atoms. The van der Waals surface area contributed by atoms with Crippen LogP contribution in [0.1, 0.15) is 47.0 Å². The molecule has 2 unspecified atom stereocenters. The van der Waals surface area contributed by atoms with E-state index in [1.165, 1.54) is 19.3 Å². The third-order valence-electron chi connectivity index (χ3n) is 2.53. The van der Waals surface area contributed by atoms with Gasteiger partial charge in [-0.2, -0.15) is 0 Å². The van der Waals surface area contributed by atoms with Crippen LogP contribution >= 0.6 is 0 Å². The number of hydrogen-bond donors (Lipinski definition) is 0. The van der Waals surface area contributed by atoms with Crippen molar-refractivity contribution in [2.24, 2.45) is 5.41 Å². The molecule has 1 aliphatic heterocycles. The van der Waals surface area contributed by atoms with Crippen molar-refractivity contribution in [1.82, 2.24) is 0 Å². The van der Waals surface area contributed by atoms with Gasteiger partial charge in [0.25, 0.3) is 0 Å². The summed E-state index contributed by atoms with van der Waals surface area (Å²) in [6, 6.07) is 0. The lowest BCUT2D eigenvalue weighted by Crippen LogP contribution is -2.26. The average Bonchev–Trinajstić information content (AvgIpc) is 2.32. The molecular formula is C10H20O. The summed E-state index contributed by atoms with van der Waals surface area (Å²) >= 11 is 0. The Morgan fingerprint density at radius 1 is 1.27 bits per heavy atom. The van der Waals surface area contributed by atoms with Gasteiger partial charge in [0, 0.05) is 0 Å². The average molecular weight is 156 g/mol. The maximum Gasteiger partial charge on any atom is 0.0628 e. The fourth-order valence-corrected chi connectivity index (χ4v) is 1.64. The Kier molecular flexibility index (Phi) is 2.58. The van der Waals surface area contributed by atoms with E-state index in [9.17, 15) is 0 Å². The highest BCUT2D eigenvalue weighted by molar-refractivity contribution is 4.81. The van der Waals surface area contributed by atoms with Crippen LogP contribution in [0.3, 0.4) is 0 Å². The molecule has 1 heteroatoms. The minimum Gasteiger partial charge on any atom is -0.374 e. The first-order valence-electron chi connectivity index (χ1n) is 4.69. The van der Waals surface area contributed by atoms with Gasteiger partial charge in [-0.05, 0) is 24.7 Å². The van der Waals surface area contributed by atoms with E-state index in [-0.39, 0.29) is 0 Å². The maximum atomic E-state index is 5.88. The standard InChI is InChI=1S/C10H20O/c1-5-8-6-7-9(11-8)10(2,3)4/h8-9H,5-7H2,1-4H3. The Labute approximate surface area is 70.1 Å². The lowest BCUT2D eigenvalue weighted by Gasteiger charge is -2.26. The van der Waals surface area contributed by atoms with Gasteiger partial charge in [-0.15, -0.1) is 0 Å². The largest absolute Gasteiger partial charge is 0.374 e. The van der Waals surface area contributed by atoms with E-state index < -0.39 is 0 Å². The monoisotopic (exact) mass is 156 g/mol. The van der Waals surface area contributed by atoms with Gasteiger partial charge in [0.2, 0.25) is 0 Å². The van der Waals surface area contributed by atoms with E-state index in [1.807, 2.05) is 0 Å². The first kappa shape index (κ1) is 9.05. The zero-order chi connectivity index (χ0) is 8.48. The van der Waals surface area contributed by atoms with Crippen molar-refractivity contribution < 1.29 is 4.74 Å². The highest BCUT2D eigenvalue weighted by Crippen LogP contribution is 2.33. The molecular weight excluding hydrogens is 136 g/mol. The summed E-state index contributed by atoms with van der Waals surface area (Å²) in [6.07, 6.45) is 4.72. The third-order valence-corrected chi connectivity index (χ3v) is 2.53. The van der Waals surface area contributed by atoms with Crippen LogP contribution in [0.5, 0.6) is 0 Å². The fraction of sp³-hybridized carbons (Fsp3) is 1.00. The van der Waals surface area contributed by atoms with Crippen LogP contribution < -0.4 is 0 Å². The van der Waals surface area contributed by atoms with Crippen molar-refractivity contribution in [1.29, 1.82) is 0 Å². The van der Waals surface area contributed by atoms with E-state index in [0.717, 1.165) is 0 Å². The van der Waals surface area contributed by atoms with Crippen molar-refractivity contribution in [2.75, 3.05) is 0 Å². The lowest BCUT2D eigenvalue weighted by atomic mass is 9.87. The SMILES string of the molecule is CCC1CCC(C(C)(C)C)O1. The quantitative estimate of drug-likeness (QED) is 0.567. The molecule has 1 aliphatic rings. The van der Waals surface area contributed by atoms with Crippen LogP contribution in [0.2, 0.25) is 0 Å². The smallest absolute Gasteiger partial charge is 0.0628 e. The molecule has 1 saturated heterocycles. The Hall–Kier alpha value is -0.0400. The van der Waals surface area contributed by atoms with Gasteiger partial charge in [0.15, 0.2) is 0 Å². The predicted molar refractivity (Wildman–Crippen MR) is 47.6 cm³/mol. The van der Waals surface area contributed by atoms with E-state index >= 15 is 0 Å². The number of rotatable bonds is 1. The van der Waals surface area contributed by atoms with E-state index in [4.69, 9.17) is 4.74 Å². The zero-order valence-corrected chi connectivity index (χ0v) is 8.18. The maximum absolute atomic E-state index is 5.88. The van der Waals surface area contributed by atoms with Gasteiger partial charge in [0.1, 0.15) is 0 Å². The van der Waals surface area contributed by atoms with Crippen LogP contribution in [0.4, 0.5) is 0 Å². The van der Waals surface area contributed by atoms with Gasteiger partial charge in [-0.1, -0.05) is 27.7 Å². The van der Waals surface area contributed by atoms with Crippen molar-refractivity contribution in [2.45, 2.75) is 59.2 Å². The van der Waals surface area contributed by atoms with Gasteiger partial charge in [-0.3, -0.25) is 0 Å². The molecule has 0 spiro atoms. The second kappa shape index (κ2) is 3.14. The molecule has 0 amide bonds. The summed E-state index contributed by atoms with van der Waals surface area (Å²) in [5.41, 5.74) is 0.337. The fourth-order valence-electron chi connectivity index (χ4n) is 1.64. The van der Waals surface area contributed by atoms with Gasteiger partial charge in [0.05, 0.1) is 12.2 Å². The molecule has 0 aromatic carbocycles. The minimum absolute atomic E-state index is 0.337. The van der Waals surface area contributed by atoms with Gasteiger partial charge in [-0.25, -0.2) is 0 Å². The molecule has 0 aromatic heterocycles. The van der Waals surface area contributed by atoms with Crippen LogP contribution in [0.15, 0.2) is 0 Å². The number of ether oxygens (including phenoxy) is 1. The summed E-state index contributed by atoms with van der Waals surface area (Å²) in [5, 5.41) is 0. The molecule has 1 fully saturated rings. The topological polar surface area (TPSA) is 9.23 Å². The first-order chi connectivity index (χ1) is 5.04. The Balaban J connectivity index is 2.42. The normalized spacial score (nSPS) is 32.7. The van der Waals surface area contributed by atoms with E-state index in [0.29, 0.717) is 17.6 Å². The molecule has 11 heavy (non-hydrogen) atoms. The minimum atomic E-state index is 0.337. The summed E-state index contributed by atoms with van der Waals surface area (Å²) in [6.45, 7) is 8.98. The van der Waals surface area contributed by atoms with Gasteiger partial charge >= 0.3 is 0 Å². The molecule has 1 nitrogen and oxygen atoms in total. The molecule has 66 valence electrons. The van der Waals surface area contributed by atoms with Crippen molar-refractivity contribution in [3.63, 3.8) is 0 Å². The first-order valence-corrected chi connectivity index (χ1v) is 4.69. The Morgan fingerprint density at radius 2 is 1.91 bits per heavy atom. The van der Waals surface area contributed by atoms with Crippen molar-refractivity contribution in [3.05, 3.63) is 0 Å². The van der Waals surface area contributed by atoms with Crippen molar-refractivity contribution in [3.8, 4) is 0 Å². The zero-order valence-electron chi connectivity index (χ0n) is 8.18. The highest BCUT2D eigenvalue weighted by atomic mass is 16.5. The van der Waals surface area contributed by atoms with Crippen LogP contribution in [-0.4, -0.2) is 12.2 Å². The van der Waals surface area contributed by atoms with Crippen molar-refractivity contribution >= 4 is 0 Å². The molecule has 0 N–H and O–H groups in total. The molecule has 0 saturated carbocycles. The van der Waals surface area contributed by atoms with E-state index in [1.54, 1.807) is 0 Å². The summed E-state index contributed by atoms with van der Waals surface area (Å²) in [5.74, 6) is 0. The molecule has 2 atom stereocenters. The Morgan fingerprint density at radius 3 is 2.18 bits per heavy atom. The van der Waals surface area contributed by atoms with Crippen LogP contribution in [0, 0.1) is 5.41 Å². The van der Waals surface area contributed by atoms with E-state index in [2.05, 4.69) is 27.7 Å². The summed E-state index contributed by atoms with van der Waals surface area (Å²) in [7, 11) is 0. The molecule has 1 heterocycles. The highest BCUT2D eigenvalue weighted by Gasteiger charge is 2.32. The predicted octanol–water partition coefficient (Wildman–Crippen LogP) is 2.99. The third kappa shape index (κ3) is 2.19. The molecule has 0 aromatic rings. The lowest BCUT2D eigenvalue weighted by molar-refractivity contribution is -0.0165. The van der Waals surface area contributed by atoms with Gasteiger partial charge < -0.3 is 4.74 Å². The molecule has 0 aliphatic carbocycles. The summed E-state index contributed by atoms with van der Waals surface area (Å²) in [4.78, 5) is 0. The number of hydrogen-bond acceptors (Lipinski definition) is 1. The summed E-state index contributed by atoms with van der Waals surface area (Å²) < 4.78 is 5.88. The second-order valence-corrected chi connectivity index (χ2v) is 4.60. The van der Waals surface area contributed by atoms with Crippen LogP contribution in [0.25, 0.3) is 0 Å². The molecule has 0 radical (unpaired) electrons. The second-order valence-electron chi connectivity index (χ2n) is 4.60. The molecule has 1 rings (SSSR count). The Bertz CT molecular complexity index is 123. The van der Waals surface area contributed by atoms with Crippen LogP contribution in [-0.2, 0) is 4.74 Å².